The number of amides is 1. The molecule has 4 rings (SSSR count). The number of fused-ring (bicyclic) bond motifs is 1. The molecule has 2 aromatic heterocycles. The molecule has 1 aliphatic rings. The molecule has 0 saturated carbocycles. The van der Waals surface area contributed by atoms with E-state index in [1.165, 1.54) is 6.07 Å². The molecule has 28 heavy (non-hydrogen) atoms. The highest BCUT2D eigenvalue weighted by Gasteiger charge is 2.29. The van der Waals surface area contributed by atoms with Gasteiger partial charge in [-0.05, 0) is 25.0 Å². The molecule has 0 bridgehead atoms. The maximum atomic E-state index is 13.7. The Bertz CT molecular complexity index is 1020. The second-order valence-corrected chi connectivity index (χ2v) is 6.78. The van der Waals surface area contributed by atoms with Crippen LogP contribution in [0.1, 0.15) is 24.5 Å². The molecule has 1 atom stereocenters. The van der Waals surface area contributed by atoms with E-state index in [1.54, 1.807) is 22.0 Å². The summed E-state index contributed by atoms with van der Waals surface area (Å²) >= 11 is 0. The molecule has 0 spiro atoms. The SMILES string of the molecule is Cn1nc(C2CCCN(C(=O)COc3ccc(F)cc3F)C2)c2nccnc21. The first-order chi connectivity index (χ1) is 13.5. The lowest BCUT2D eigenvalue weighted by atomic mass is 9.94. The van der Waals surface area contributed by atoms with Crippen LogP contribution in [0.2, 0.25) is 0 Å². The number of aromatic nitrogens is 4. The van der Waals surface area contributed by atoms with Crippen LogP contribution >= 0.6 is 0 Å². The predicted molar refractivity (Wildman–Crippen MR) is 96.7 cm³/mol. The monoisotopic (exact) mass is 387 g/mol. The maximum absolute atomic E-state index is 13.7. The van der Waals surface area contributed by atoms with E-state index in [2.05, 4.69) is 15.1 Å². The van der Waals surface area contributed by atoms with Gasteiger partial charge in [0.15, 0.2) is 23.8 Å². The highest BCUT2D eigenvalue weighted by atomic mass is 19.1. The molecular weight excluding hydrogens is 368 g/mol. The first-order valence-electron chi connectivity index (χ1n) is 9.02. The zero-order valence-electron chi connectivity index (χ0n) is 15.3. The zero-order valence-corrected chi connectivity index (χ0v) is 15.3. The second-order valence-electron chi connectivity index (χ2n) is 6.78. The van der Waals surface area contributed by atoms with Crippen molar-refractivity contribution in [1.82, 2.24) is 24.6 Å². The number of aryl methyl sites for hydroxylation is 1. The van der Waals surface area contributed by atoms with Gasteiger partial charge in [0.1, 0.15) is 11.3 Å². The van der Waals surface area contributed by atoms with Gasteiger partial charge in [0.2, 0.25) is 0 Å². The number of benzene rings is 1. The lowest BCUT2D eigenvalue weighted by molar-refractivity contribution is -0.134. The third kappa shape index (κ3) is 3.51. The van der Waals surface area contributed by atoms with E-state index in [9.17, 15) is 13.6 Å². The number of ether oxygens (including phenoxy) is 1. The average Bonchev–Trinajstić information content (AvgIpc) is 3.04. The van der Waals surface area contributed by atoms with E-state index in [-0.39, 0.29) is 24.2 Å². The van der Waals surface area contributed by atoms with Crippen molar-refractivity contribution in [3.8, 4) is 5.75 Å². The van der Waals surface area contributed by atoms with Crippen molar-refractivity contribution >= 4 is 17.1 Å². The summed E-state index contributed by atoms with van der Waals surface area (Å²) in [5, 5.41) is 4.56. The van der Waals surface area contributed by atoms with Crippen molar-refractivity contribution in [3.05, 3.63) is 47.9 Å². The first kappa shape index (κ1) is 18.3. The van der Waals surface area contributed by atoms with Crippen LogP contribution in [0.15, 0.2) is 30.6 Å². The average molecular weight is 387 g/mol. The topological polar surface area (TPSA) is 73.1 Å². The van der Waals surface area contributed by atoms with Gasteiger partial charge >= 0.3 is 0 Å². The van der Waals surface area contributed by atoms with Crippen molar-refractivity contribution in [3.63, 3.8) is 0 Å². The maximum Gasteiger partial charge on any atom is 0.260 e. The van der Waals surface area contributed by atoms with Crippen LogP contribution in [-0.2, 0) is 11.8 Å². The van der Waals surface area contributed by atoms with E-state index < -0.39 is 11.6 Å². The number of hydrogen-bond donors (Lipinski definition) is 0. The van der Waals surface area contributed by atoms with E-state index in [1.807, 2.05) is 7.05 Å². The summed E-state index contributed by atoms with van der Waals surface area (Å²) in [7, 11) is 1.82. The number of piperidine rings is 1. The Morgan fingerprint density at radius 2 is 2.11 bits per heavy atom. The highest BCUT2D eigenvalue weighted by molar-refractivity contribution is 5.78. The molecule has 0 radical (unpaired) electrons. The van der Waals surface area contributed by atoms with Crippen LogP contribution in [0.25, 0.3) is 11.2 Å². The Morgan fingerprint density at radius 1 is 1.29 bits per heavy atom. The van der Waals surface area contributed by atoms with Gasteiger partial charge in [-0.2, -0.15) is 5.10 Å². The van der Waals surface area contributed by atoms with Gasteiger partial charge in [-0.25, -0.2) is 23.4 Å². The van der Waals surface area contributed by atoms with Gasteiger partial charge in [-0.15, -0.1) is 0 Å². The minimum atomic E-state index is -0.831. The fourth-order valence-corrected chi connectivity index (χ4v) is 3.53. The highest BCUT2D eigenvalue weighted by Crippen LogP contribution is 2.30. The molecule has 1 aliphatic heterocycles. The molecule has 1 aromatic carbocycles. The summed E-state index contributed by atoms with van der Waals surface area (Å²) in [6.45, 7) is 0.774. The lowest BCUT2D eigenvalue weighted by Gasteiger charge is -2.32. The summed E-state index contributed by atoms with van der Waals surface area (Å²) in [5.41, 5.74) is 2.28. The Labute approximate surface area is 159 Å². The minimum absolute atomic E-state index is 0.0423. The number of rotatable bonds is 4. The molecular formula is C19H19F2N5O2. The Hall–Kier alpha value is -3.10. The predicted octanol–water partition coefficient (Wildman–Crippen LogP) is 2.43. The third-order valence-electron chi connectivity index (χ3n) is 4.89. The number of likely N-dealkylation sites (tertiary alicyclic amines) is 1. The van der Waals surface area contributed by atoms with E-state index in [0.29, 0.717) is 18.7 Å². The van der Waals surface area contributed by atoms with Gasteiger partial charge in [-0.1, -0.05) is 0 Å². The summed E-state index contributed by atoms with van der Waals surface area (Å²) in [4.78, 5) is 22.9. The second kappa shape index (κ2) is 7.49. The number of carbonyl (C=O) groups is 1. The molecule has 7 nitrogen and oxygen atoms in total. The van der Waals surface area contributed by atoms with Crippen molar-refractivity contribution in [1.29, 1.82) is 0 Å². The Morgan fingerprint density at radius 3 is 2.93 bits per heavy atom. The van der Waals surface area contributed by atoms with Crippen LogP contribution in [0.3, 0.4) is 0 Å². The molecule has 0 N–H and O–H groups in total. The van der Waals surface area contributed by atoms with Crippen LogP contribution in [-0.4, -0.2) is 50.3 Å². The van der Waals surface area contributed by atoms with Crippen LogP contribution in [0, 0.1) is 11.6 Å². The van der Waals surface area contributed by atoms with Crippen molar-refractivity contribution in [2.75, 3.05) is 19.7 Å². The van der Waals surface area contributed by atoms with Crippen LogP contribution in [0.5, 0.6) is 5.75 Å². The molecule has 1 amide bonds. The smallest absolute Gasteiger partial charge is 0.260 e. The summed E-state index contributed by atoms with van der Waals surface area (Å²) in [5.74, 6) is -1.88. The van der Waals surface area contributed by atoms with Crippen LogP contribution in [0.4, 0.5) is 8.78 Å². The van der Waals surface area contributed by atoms with Gasteiger partial charge in [0.05, 0.1) is 5.69 Å². The fourth-order valence-electron chi connectivity index (χ4n) is 3.53. The minimum Gasteiger partial charge on any atom is -0.481 e. The van der Waals surface area contributed by atoms with Gasteiger partial charge in [0, 0.05) is 44.5 Å². The lowest BCUT2D eigenvalue weighted by Crippen LogP contribution is -2.41. The number of carbonyl (C=O) groups excluding carboxylic acids is 1. The zero-order chi connectivity index (χ0) is 19.7. The molecule has 3 heterocycles. The van der Waals surface area contributed by atoms with Gasteiger partial charge in [-0.3, -0.25) is 4.79 Å². The summed E-state index contributed by atoms with van der Waals surface area (Å²) in [6.07, 6.45) is 4.96. The van der Waals surface area contributed by atoms with Crippen LogP contribution < -0.4 is 4.74 Å². The number of halogens is 2. The number of nitrogens with zero attached hydrogens (tertiary/aromatic N) is 5. The molecule has 3 aromatic rings. The molecule has 9 heteroatoms. The Kier molecular flexibility index (Phi) is 4.89. The van der Waals surface area contributed by atoms with E-state index in [4.69, 9.17) is 4.74 Å². The number of hydrogen-bond acceptors (Lipinski definition) is 5. The molecule has 1 saturated heterocycles. The summed E-state index contributed by atoms with van der Waals surface area (Å²) < 4.78 is 33.6. The largest absolute Gasteiger partial charge is 0.481 e. The molecule has 0 aliphatic carbocycles. The molecule has 146 valence electrons. The summed E-state index contributed by atoms with van der Waals surface area (Å²) in [6, 6.07) is 2.99. The third-order valence-corrected chi connectivity index (χ3v) is 4.89. The molecule has 1 fully saturated rings. The fraction of sp³-hybridized carbons (Fsp3) is 0.368. The van der Waals surface area contributed by atoms with E-state index in [0.717, 1.165) is 36.2 Å². The van der Waals surface area contributed by atoms with Crippen molar-refractivity contribution in [2.24, 2.45) is 7.05 Å². The van der Waals surface area contributed by atoms with E-state index >= 15 is 0 Å². The van der Waals surface area contributed by atoms with Crippen molar-refractivity contribution < 1.29 is 18.3 Å². The Balaban J connectivity index is 1.45. The first-order valence-corrected chi connectivity index (χ1v) is 9.02. The van der Waals surface area contributed by atoms with Gasteiger partial charge in [0.25, 0.3) is 5.91 Å². The van der Waals surface area contributed by atoms with Crippen molar-refractivity contribution in [2.45, 2.75) is 18.8 Å². The normalized spacial score (nSPS) is 17.1. The standard InChI is InChI=1S/C19H19F2N5O2/c1-25-19-18(22-6-7-23-19)17(24-25)12-3-2-8-26(10-12)16(27)11-28-15-5-4-13(20)9-14(15)21/h4-7,9,12H,2-3,8,10-11H2,1H3. The molecule has 1 unspecified atom stereocenters. The van der Waals surface area contributed by atoms with Gasteiger partial charge < -0.3 is 9.64 Å². The quantitative estimate of drug-likeness (QED) is 0.688.